The van der Waals surface area contributed by atoms with Crippen LogP contribution in [0.2, 0.25) is 0 Å². The van der Waals surface area contributed by atoms with Gasteiger partial charge in [-0.15, -0.1) is 0 Å². The number of anilines is 1. The van der Waals surface area contributed by atoms with E-state index in [1.165, 1.54) is 0 Å². The quantitative estimate of drug-likeness (QED) is 0.897. The lowest BCUT2D eigenvalue weighted by atomic mass is 9.84. The third-order valence-corrected chi connectivity index (χ3v) is 5.93. The van der Waals surface area contributed by atoms with Gasteiger partial charge in [0.2, 0.25) is 5.91 Å². The lowest BCUT2D eigenvalue weighted by Crippen LogP contribution is -2.50. The van der Waals surface area contributed by atoms with Crippen molar-refractivity contribution in [3.05, 3.63) is 18.6 Å². The fourth-order valence-corrected chi connectivity index (χ4v) is 4.67. The van der Waals surface area contributed by atoms with Crippen LogP contribution in [0.15, 0.2) is 18.6 Å². The van der Waals surface area contributed by atoms with E-state index >= 15 is 0 Å². The molecule has 2 aliphatic rings. The fraction of sp³-hybridized carbons (Fsp3) is 0.579. The first kappa shape index (κ1) is 16.8. The average molecular weight is 352 g/mol. The van der Waals surface area contributed by atoms with E-state index < -0.39 is 0 Å². The largest absolute Gasteiger partial charge is 0.356 e. The van der Waals surface area contributed by atoms with Crippen LogP contribution in [-0.4, -0.2) is 50.9 Å². The summed E-state index contributed by atoms with van der Waals surface area (Å²) >= 11 is 0. The Morgan fingerprint density at radius 1 is 1.19 bits per heavy atom. The number of fused-ring (bicyclic) bond motifs is 1. The van der Waals surface area contributed by atoms with Gasteiger partial charge >= 0.3 is 0 Å². The molecule has 2 aromatic heterocycles. The van der Waals surface area contributed by atoms with Crippen LogP contribution in [0, 0.1) is 11.3 Å². The molecule has 26 heavy (non-hydrogen) atoms. The topological polar surface area (TPSA) is 88.9 Å². The minimum atomic E-state index is -0.0864. The third kappa shape index (κ3) is 2.90. The Morgan fingerprint density at radius 2 is 2.08 bits per heavy atom. The predicted molar refractivity (Wildman–Crippen MR) is 98.5 cm³/mol. The lowest BCUT2D eigenvalue weighted by molar-refractivity contribution is -0.134. The molecule has 2 aromatic rings. The first-order valence-electron chi connectivity index (χ1n) is 9.44. The molecular weight excluding hydrogens is 328 g/mol. The maximum Gasteiger partial charge on any atom is 0.237 e. The number of aromatic nitrogens is 3. The second-order valence-electron chi connectivity index (χ2n) is 7.34. The summed E-state index contributed by atoms with van der Waals surface area (Å²) in [7, 11) is 0. The number of hydrogen-bond donors (Lipinski definition) is 1. The summed E-state index contributed by atoms with van der Waals surface area (Å²) in [5, 5.41) is 9.98. The Morgan fingerprint density at radius 3 is 2.96 bits per heavy atom. The SMILES string of the molecule is N#CCC(=O)N1CCCC12CCCCN(c1ncnc3[nH]ccc13)CC2. The number of nitrogens with one attached hydrogen (secondary N) is 1. The zero-order valence-corrected chi connectivity index (χ0v) is 14.9. The standard InChI is InChI=1S/C19H24N6O/c20-9-4-16(26)25-12-3-7-19(25)6-1-2-11-24(13-8-19)18-15-5-10-21-17(15)22-14-23-18/h5,10,14H,1-4,6-8,11-13H2,(H,21,22,23). The molecule has 1 N–H and O–H groups in total. The number of nitriles is 1. The summed E-state index contributed by atoms with van der Waals surface area (Å²) in [4.78, 5) is 28.8. The minimum Gasteiger partial charge on any atom is -0.356 e. The maximum absolute atomic E-state index is 12.5. The van der Waals surface area contributed by atoms with Gasteiger partial charge < -0.3 is 14.8 Å². The van der Waals surface area contributed by atoms with Gasteiger partial charge in [0.1, 0.15) is 24.2 Å². The highest BCUT2D eigenvalue weighted by Crippen LogP contribution is 2.39. The first-order valence-corrected chi connectivity index (χ1v) is 9.44. The zero-order chi connectivity index (χ0) is 18.0. The van der Waals surface area contributed by atoms with E-state index in [0.717, 1.165) is 75.0 Å². The zero-order valence-electron chi connectivity index (χ0n) is 14.9. The van der Waals surface area contributed by atoms with Gasteiger partial charge in [-0.2, -0.15) is 5.26 Å². The highest BCUT2D eigenvalue weighted by atomic mass is 16.2. The number of H-pyrrole nitrogens is 1. The van der Waals surface area contributed by atoms with Gasteiger partial charge in [-0.25, -0.2) is 9.97 Å². The fourth-order valence-electron chi connectivity index (χ4n) is 4.67. The van der Waals surface area contributed by atoms with Crippen molar-refractivity contribution < 1.29 is 4.79 Å². The second-order valence-corrected chi connectivity index (χ2v) is 7.34. The van der Waals surface area contributed by atoms with Gasteiger partial charge in [0.25, 0.3) is 0 Å². The smallest absolute Gasteiger partial charge is 0.237 e. The van der Waals surface area contributed by atoms with Gasteiger partial charge in [0.05, 0.1) is 11.5 Å². The van der Waals surface area contributed by atoms with Crippen LogP contribution in [0.4, 0.5) is 5.82 Å². The van der Waals surface area contributed by atoms with Crippen molar-refractivity contribution in [2.75, 3.05) is 24.5 Å². The van der Waals surface area contributed by atoms with E-state index in [4.69, 9.17) is 5.26 Å². The normalized spacial score (nSPS) is 23.8. The summed E-state index contributed by atoms with van der Waals surface area (Å²) < 4.78 is 0. The number of likely N-dealkylation sites (tertiary alicyclic amines) is 1. The van der Waals surface area contributed by atoms with E-state index in [-0.39, 0.29) is 17.9 Å². The number of nitrogens with zero attached hydrogens (tertiary/aromatic N) is 5. The van der Waals surface area contributed by atoms with E-state index in [1.807, 2.05) is 23.2 Å². The van der Waals surface area contributed by atoms with Gasteiger partial charge in [-0.05, 0) is 44.6 Å². The van der Waals surface area contributed by atoms with Crippen LogP contribution >= 0.6 is 0 Å². The van der Waals surface area contributed by atoms with Crippen LogP contribution in [0.1, 0.15) is 44.9 Å². The Hall–Kier alpha value is -2.62. The van der Waals surface area contributed by atoms with Crippen molar-refractivity contribution in [2.45, 2.75) is 50.5 Å². The van der Waals surface area contributed by atoms with E-state index in [2.05, 4.69) is 19.9 Å². The molecular formula is C19H24N6O. The summed E-state index contributed by atoms with van der Waals surface area (Å²) in [6, 6.07) is 4.05. The van der Waals surface area contributed by atoms with Crippen LogP contribution < -0.4 is 4.90 Å². The van der Waals surface area contributed by atoms with Gasteiger partial charge in [-0.1, -0.05) is 0 Å². The third-order valence-electron chi connectivity index (χ3n) is 5.93. The highest BCUT2D eigenvalue weighted by molar-refractivity contribution is 5.87. The molecule has 7 nitrogen and oxygen atoms in total. The number of carbonyl (C=O) groups is 1. The minimum absolute atomic E-state index is 0.00724. The average Bonchev–Trinajstić information content (AvgIpc) is 3.26. The van der Waals surface area contributed by atoms with Crippen molar-refractivity contribution in [1.82, 2.24) is 19.9 Å². The van der Waals surface area contributed by atoms with Crippen molar-refractivity contribution in [2.24, 2.45) is 0 Å². The van der Waals surface area contributed by atoms with Crippen molar-refractivity contribution in [3.8, 4) is 6.07 Å². The lowest BCUT2D eigenvalue weighted by Gasteiger charge is -2.42. The molecule has 7 heteroatoms. The summed E-state index contributed by atoms with van der Waals surface area (Å²) in [6.45, 7) is 2.63. The van der Waals surface area contributed by atoms with E-state index in [9.17, 15) is 4.79 Å². The Labute approximate surface area is 153 Å². The maximum atomic E-state index is 12.5. The van der Waals surface area contributed by atoms with Crippen molar-refractivity contribution in [1.29, 1.82) is 5.26 Å². The molecule has 1 unspecified atom stereocenters. The molecule has 0 aliphatic carbocycles. The summed E-state index contributed by atoms with van der Waals surface area (Å²) in [5.41, 5.74) is 0.773. The summed E-state index contributed by atoms with van der Waals surface area (Å²) in [5.74, 6) is 0.966. The molecule has 2 fully saturated rings. The molecule has 4 heterocycles. The molecule has 2 aliphatic heterocycles. The second kappa shape index (κ2) is 6.94. The molecule has 1 spiro atoms. The monoisotopic (exact) mass is 352 g/mol. The predicted octanol–water partition coefficient (Wildman–Crippen LogP) is 2.61. The van der Waals surface area contributed by atoms with Crippen molar-refractivity contribution >= 4 is 22.8 Å². The van der Waals surface area contributed by atoms with Crippen LogP contribution in [-0.2, 0) is 4.79 Å². The van der Waals surface area contributed by atoms with Crippen LogP contribution in [0.25, 0.3) is 11.0 Å². The molecule has 0 aromatic carbocycles. The molecule has 4 rings (SSSR count). The van der Waals surface area contributed by atoms with Crippen molar-refractivity contribution in [3.63, 3.8) is 0 Å². The molecule has 1 amide bonds. The van der Waals surface area contributed by atoms with Gasteiger partial charge in [0.15, 0.2) is 0 Å². The van der Waals surface area contributed by atoms with Crippen LogP contribution in [0.3, 0.4) is 0 Å². The first-order chi connectivity index (χ1) is 12.7. The number of hydrogen-bond acceptors (Lipinski definition) is 5. The van der Waals surface area contributed by atoms with Gasteiger partial charge in [-0.3, -0.25) is 4.79 Å². The Balaban J connectivity index is 1.58. The Kier molecular flexibility index (Phi) is 4.49. The van der Waals surface area contributed by atoms with E-state index in [0.29, 0.717) is 0 Å². The number of rotatable bonds is 2. The molecule has 1 atom stereocenters. The Bertz CT molecular complexity index is 840. The van der Waals surface area contributed by atoms with Crippen LogP contribution in [0.5, 0.6) is 0 Å². The molecule has 2 saturated heterocycles. The molecule has 0 radical (unpaired) electrons. The molecule has 136 valence electrons. The van der Waals surface area contributed by atoms with Gasteiger partial charge in [0, 0.05) is 31.4 Å². The molecule has 0 bridgehead atoms. The number of amides is 1. The number of aromatic amines is 1. The van der Waals surface area contributed by atoms with E-state index in [1.54, 1.807) is 6.33 Å². The highest BCUT2D eigenvalue weighted by Gasteiger charge is 2.43. The molecule has 0 saturated carbocycles. The summed E-state index contributed by atoms with van der Waals surface area (Å²) in [6.07, 6.45) is 9.72. The number of carbonyl (C=O) groups excluding carboxylic acids is 1.